The number of hydrogen-bond donors (Lipinski definition) is 1. The van der Waals surface area contributed by atoms with Crippen molar-refractivity contribution < 1.29 is 23.9 Å². The van der Waals surface area contributed by atoms with Gasteiger partial charge in [0.1, 0.15) is 43.2 Å². The van der Waals surface area contributed by atoms with Crippen LogP contribution in [0.3, 0.4) is 0 Å². The zero-order valence-corrected chi connectivity index (χ0v) is 21.3. The van der Waals surface area contributed by atoms with Crippen LogP contribution in [-0.4, -0.2) is 107 Å². The SMILES string of the molecule is [B]c1cc(C([B])([B])Oc2cccc3c2CN(C2CCC(=O)NC2=O)C3=O)cc([B])c1C([B])([B])N1CCOCC1. The van der Waals surface area contributed by atoms with Crippen LogP contribution in [-0.2, 0) is 31.6 Å². The summed E-state index contributed by atoms with van der Waals surface area (Å²) in [6.45, 7) is 2.03. The van der Waals surface area contributed by atoms with Crippen LogP contribution in [0.5, 0.6) is 5.75 Å². The van der Waals surface area contributed by atoms with Crippen molar-refractivity contribution >= 4 is 75.7 Å². The normalized spacial score (nSPS) is 20.6. The van der Waals surface area contributed by atoms with Crippen molar-refractivity contribution in [2.45, 2.75) is 36.2 Å². The molecule has 5 rings (SSSR count). The molecule has 2 aromatic carbocycles. The fraction of sp³-hybridized carbons (Fsp3) is 0.400. The first-order chi connectivity index (χ1) is 18.4. The molecule has 1 atom stereocenters. The third-order valence-electron chi connectivity index (χ3n) is 7.40. The number of nitrogens with one attached hydrogen (secondary N) is 1. The predicted molar refractivity (Wildman–Crippen MR) is 149 cm³/mol. The van der Waals surface area contributed by atoms with Gasteiger partial charge in [0.05, 0.1) is 35.5 Å². The molecular formula is C25H21B6N3O5. The summed E-state index contributed by atoms with van der Waals surface area (Å²) >= 11 is 0. The summed E-state index contributed by atoms with van der Waals surface area (Å²) in [5, 5.41) is -1.09. The van der Waals surface area contributed by atoms with E-state index in [2.05, 4.69) is 5.32 Å². The number of piperidine rings is 1. The van der Waals surface area contributed by atoms with Crippen LogP contribution in [0.1, 0.15) is 39.9 Å². The number of ether oxygens (including phenoxy) is 2. The number of fused-ring (bicyclic) bond motifs is 1. The standard InChI is InChI=1S/C25H21B6N3O5/c26-16-10-13(11-17(27)21(16)24(28,29)33-6-8-38-9-7-33)25(30,31)39-19-3-1-2-14-15(19)12-34(23(14)37)18-4-5-20(35)32-22(18)36/h1-3,10-11,18H,4-9,12H2,(H,32,35,36). The van der Waals surface area contributed by atoms with E-state index in [4.69, 9.17) is 56.6 Å². The predicted octanol–water partition coefficient (Wildman–Crippen LogP) is -2.66. The van der Waals surface area contributed by atoms with Crippen molar-refractivity contribution in [3.63, 3.8) is 0 Å². The molecule has 3 heterocycles. The van der Waals surface area contributed by atoms with Gasteiger partial charge in [-0.05, 0) is 29.5 Å². The third kappa shape index (κ3) is 5.09. The van der Waals surface area contributed by atoms with Gasteiger partial charge in [-0.3, -0.25) is 19.7 Å². The van der Waals surface area contributed by atoms with Gasteiger partial charge < -0.3 is 19.3 Å². The molecular weight excluding hydrogens is 487 g/mol. The lowest BCUT2D eigenvalue weighted by Gasteiger charge is -2.45. The molecule has 3 aliphatic heterocycles. The molecule has 0 spiro atoms. The average molecular weight is 508 g/mol. The van der Waals surface area contributed by atoms with Crippen LogP contribution >= 0.6 is 0 Å². The Morgan fingerprint density at radius 3 is 2.31 bits per heavy atom. The van der Waals surface area contributed by atoms with E-state index < -0.39 is 22.7 Å². The Bertz CT molecular complexity index is 1320. The zero-order valence-electron chi connectivity index (χ0n) is 21.3. The Morgan fingerprint density at radius 1 is 1.00 bits per heavy atom. The summed E-state index contributed by atoms with van der Waals surface area (Å²) in [5.41, 5.74) is 1.81. The monoisotopic (exact) mass is 509 g/mol. The van der Waals surface area contributed by atoms with Crippen molar-refractivity contribution in [1.82, 2.24) is 15.1 Å². The maximum Gasteiger partial charge on any atom is 0.255 e. The number of carbonyl (C=O) groups is 3. The number of carbonyl (C=O) groups excluding carboxylic acids is 3. The van der Waals surface area contributed by atoms with Crippen LogP contribution in [0.4, 0.5) is 0 Å². The molecule has 2 aromatic rings. The molecule has 3 aliphatic rings. The maximum atomic E-state index is 13.1. The molecule has 0 aliphatic carbocycles. The summed E-state index contributed by atoms with van der Waals surface area (Å²) < 4.78 is 11.4. The lowest BCUT2D eigenvalue weighted by Crippen LogP contribution is -2.56. The topological polar surface area (TPSA) is 88.2 Å². The van der Waals surface area contributed by atoms with Crippen LogP contribution in [0, 0.1) is 0 Å². The molecule has 1 N–H and O–H groups in total. The van der Waals surface area contributed by atoms with Gasteiger partial charge in [0, 0.05) is 36.0 Å². The van der Waals surface area contributed by atoms with Gasteiger partial charge in [0.2, 0.25) is 11.8 Å². The second-order valence-electron chi connectivity index (χ2n) is 10.0. The fourth-order valence-corrected chi connectivity index (χ4v) is 5.36. The Kier molecular flexibility index (Phi) is 7.31. The Morgan fingerprint density at radius 2 is 1.67 bits per heavy atom. The van der Waals surface area contributed by atoms with Gasteiger partial charge in [-0.1, -0.05) is 34.7 Å². The highest BCUT2D eigenvalue weighted by molar-refractivity contribution is 6.48. The number of nitrogens with zero attached hydrogens (tertiary/aromatic N) is 2. The maximum absolute atomic E-state index is 13.1. The second-order valence-corrected chi connectivity index (χ2v) is 10.0. The molecule has 3 amide bonds. The van der Waals surface area contributed by atoms with Gasteiger partial charge in [-0.15, -0.1) is 0 Å². The van der Waals surface area contributed by atoms with E-state index in [-0.39, 0.29) is 53.4 Å². The summed E-state index contributed by atoms with van der Waals surface area (Å²) in [5.74, 6) is -0.979. The van der Waals surface area contributed by atoms with Crippen LogP contribution < -0.4 is 21.0 Å². The number of rotatable bonds is 6. The summed E-state index contributed by atoms with van der Waals surface area (Å²) in [6, 6.07) is 7.11. The van der Waals surface area contributed by atoms with Crippen molar-refractivity contribution in [1.29, 1.82) is 0 Å². The molecule has 0 aromatic heterocycles. The van der Waals surface area contributed by atoms with Crippen molar-refractivity contribution in [2.75, 3.05) is 26.3 Å². The number of benzene rings is 2. The highest BCUT2D eigenvalue weighted by atomic mass is 16.5. The summed E-state index contributed by atoms with van der Waals surface area (Å²) in [4.78, 5) is 40.3. The van der Waals surface area contributed by atoms with Gasteiger partial charge in [-0.25, -0.2) is 0 Å². The molecule has 8 nitrogen and oxygen atoms in total. The second kappa shape index (κ2) is 10.3. The van der Waals surface area contributed by atoms with Gasteiger partial charge >= 0.3 is 0 Å². The van der Waals surface area contributed by atoms with E-state index in [1.54, 1.807) is 18.2 Å². The summed E-state index contributed by atoms with van der Waals surface area (Å²) in [7, 11) is 38.5. The van der Waals surface area contributed by atoms with E-state index in [0.29, 0.717) is 43.0 Å². The smallest absolute Gasteiger partial charge is 0.255 e. The van der Waals surface area contributed by atoms with E-state index in [1.807, 2.05) is 4.90 Å². The average Bonchev–Trinajstić information content (AvgIpc) is 3.21. The minimum atomic E-state index is -1.91. The van der Waals surface area contributed by atoms with Crippen LogP contribution in [0.15, 0.2) is 30.3 Å². The lowest BCUT2D eigenvalue weighted by atomic mass is 9.51. The highest BCUT2D eigenvalue weighted by Gasteiger charge is 2.41. The zero-order chi connectivity index (χ0) is 28.1. The molecule has 0 saturated carbocycles. The molecule has 2 saturated heterocycles. The molecule has 14 heteroatoms. The van der Waals surface area contributed by atoms with Crippen molar-refractivity contribution in [2.24, 2.45) is 0 Å². The Labute approximate surface area is 235 Å². The van der Waals surface area contributed by atoms with E-state index in [0.717, 1.165) is 0 Å². The summed E-state index contributed by atoms with van der Waals surface area (Å²) in [6.07, 6.45) is 0.378. The van der Waals surface area contributed by atoms with E-state index >= 15 is 0 Å². The Hall–Kier alpha value is -2.84. The third-order valence-corrected chi connectivity index (χ3v) is 7.40. The van der Waals surface area contributed by atoms with Crippen molar-refractivity contribution in [3.8, 4) is 5.75 Å². The largest absolute Gasteiger partial charge is 0.502 e. The minimum absolute atomic E-state index is 0.0817. The van der Waals surface area contributed by atoms with Crippen LogP contribution in [0.2, 0.25) is 0 Å². The number of morpholine rings is 1. The first kappa shape index (κ1) is 27.7. The molecule has 184 valence electrons. The fourth-order valence-electron chi connectivity index (χ4n) is 5.36. The minimum Gasteiger partial charge on any atom is -0.502 e. The number of imide groups is 1. The van der Waals surface area contributed by atoms with Gasteiger partial charge in [-0.2, -0.15) is 0 Å². The van der Waals surface area contributed by atoms with Gasteiger partial charge in [0.15, 0.2) is 0 Å². The molecule has 1 unspecified atom stereocenters. The Balaban J connectivity index is 1.41. The first-order valence-electron chi connectivity index (χ1n) is 12.5. The quantitative estimate of drug-likeness (QED) is 0.339. The molecule has 2 fully saturated rings. The van der Waals surface area contributed by atoms with Crippen LogP contribution in [0.25, 0.3) is 0 Å². The first-order valence-corrected chi connectivity index (χ1v) is 12.5. The van der Waals surface area contributed by atoms with E-state index in [1.165, 1.54) is 17.0 Å². The number of hydrogen-bond acceptors (Lipinski definition) is 6. The van der Waals surface area contributed by atoms with Crippen molar-refractivity contribution in [3.05, 3.63) is 52.6 Å². The van der Waals surface area contributed by atoms with E-state index in [9.17, 15) is 14.4 Å². The number of amides is 3. The molecule has 0 bridgehead atoms. The highest BCUT2D eigenvalue weighted by Crippen LogP contribution is 2.36. The van der Waals surface area contributed by atoms with Gasteiger partial charge in [0.25, 0.3) is 5.91 Å². The molecule has 39 heavy (non-hydrogen) atoms. The molecule has 12 radical (unpaired) electrons. The lowest BCUT2D eigenvalue weighted by molar-refractivity contribution is -0.136.